The van der Waals surface area contributed by atoms with Gasteiger partial charge in [-0.25, -0.2) is 0 Å². The number of phenols is 1. The van der Waals surface area contributed by atoms with Crippen molar-refractivity contribution in [3.8, 4) is 5.75 Å². The quantitative estimate of drug-likeness (QED) is 0.163. The molecule has 0 saturated heterocycles. The van der Waals surface area contributed by atoms with E-state index in [1.165, 1.54) is 16.4 Å². The summed E-state index contributed by atoms with van der Waals surface area (Å²) < 4.78 is 13.3. The summed E-state index contributed by atoms with van der Waals surface area (Å²) in [6, 6.07) is 31.9. The Morgan fingerprint density at radius 1 is 1.02 bits per heavy atom. The lowest BCUT2D eigenvalue weighted by Crippen LogP contribution is -2.66. The highest BCUT2D eigenvalue weighted by Gasteiger charge is 2.50. The summed E-state index contributed by atoms with van der Waals surface area (Å²) >= 11 is 6.47. The summed E-state index contributed by atoms with van der Waals surface area (Å²) in [5.41, 5.74) is 4.36. The van der Waals surface area contributed by atoms with Crippen molar-refractivity contribution in [2.24, 2.45) is 0 Å². The first-order valence-corrected chi connectivity index (χ1v) is 17.9. The van der Waals surface area contributed by atoms with Crippen LogP contribution in [0.4, 0.5) is 0 Å². The molecule has 1 aliphatic heterocycles. The number of rotatable bonds is 11. The molecule has 8 heteroatoms. The van der Waals surface area contributed by atoms with Gasteiger partial charge in [0.1, 0.15) is 5.75 Å². The fraction of sp³-hybridized carbons (Fsp3) is 0.237. The number of hydrogen-bond donors (Lipinski definition) is 2. The van der Waals surface area contributed by atoms with Crippen LogP contribution in [0.25, 0.3) is 11.6 Å². The summed E-state index contributed by atoms with van der Waals surface area (Å²) in [6.45, 7) is 11.6. The van der Waals surface area contributed by atoms with Crippen molar-refractivity contribution in [2.45, 2.75) is 51.1 Å². The molecule has 0 fully saturated rings. The number of hydrogen-bond acceptors (Lipinski definition) is 5. The Morgan fingerprint density at radius 3 is 2.26 bits per heavy atom. The van der Waals surface area contributed by atoms with Gasteiger partial charge >= 0.3 is 7.12 Å². The van der Waals surface area contributed by atoms with Crippen molar-refractivity contribution in [3.63, 3.8) is 0 Å². The minimum absolute atomic E-state index is 0.111. The fourth-order valence-electron chi connectivity index (χ4n) is 6.25. The molecule has 0 aliphatic carbocycles. The average molecular weight is 650 g/mol. The molecule has 1 atom stereocenters. The van der Waals surface area contributed by atoms with Crippen molar-refractivity contribution in [3.05, 3.63) is 143 Å². The Kier molecular flexibility index (Phi) is 10.8. The van der Waals surface area contributed by atoms with E-state index in [-0.39, 0.29) is 16.9 Å². The van der Waals surface area contributed by atoms with Gasteiger partial charge in [0.25, 0.3) is 8.32 Å². The summed E-state index contributed by atoms with van der Waals surface area (Å²) in [7, 11) is -3.67. The van der Waals surface area contributed by atoms with E-state index in [1.807, 2.05) is 42.5 Å². The van der Waals surface area contributed by atoms with E-state index in [0.717, 1.165) is 28.0 Å². The van der Waals surface area contributed by atoms with Gasteiger partial charge in [0.15, 0.2) is 0 Å². The molecule has 236 valence electrons. The van der Waals surface area contributed by atoms with Crippen molar-refractivity contribution in [1.29, 1.82) is 0 Å². The molecule has 0 bridgehead atoms. The number of halogens is 1. The SMILES string of the molecule is C=C(CO[Si](c1ccccc1)(c1ccccc1)C(C)(C)C)C1=CCB(O)OC1CC/C(=C/c1ccc(O)cc1Cl)c1ccccn1. The molecule has 1 unspecified atom stereocenters. The Labute approximate surface area is 279 Å². The van der Waals surface area contributed by atoms with Gasteiger partial charge in [-0.2, -0.15) is 0 Å². The maximum absolute atomic E-state index is 10.5. The van der Waals surface area contributed by atoms with Crippen LogP contribution in [0.3, 0.4) is 0 Å². The molecule has 1 aromatic heterocycles. The zero-order valence-electron chi connectivity index (χ0n) is 26.7. The number of aromatic nitrogens is 1. The molecule has 5 rings (SSSR count). The zero-order valence-corrected chi connectivity index (χ0v) is 28.5. The number of nitrogens with zero attached hydrogens (tertiary/aromatic N) is 1. The first-order valence-electron chi connectivity index (χ1n) is 15.7. The monoisotopic (exact) mass is 649 g/mol. The topological polar surface area (TPSA) is 71.8 Å². The summed E-state index contributed by atoms with van der Waals surface area (Å²) in [6.07, 6.45) is 6.98. The smallest absolute Gasteiger partial charge is 0.458 e. The number of pyridine rings is 1. The van der Waals surface area contributed by atoms with Gasteiger partial charge in [-0.15, -0.1) is 0 Å². The van der Waals surface area contributed by atoms with E-state index in [1.54, 1.807) is 18.3 Å². The van der Waals surface area contributed by atoms with Crippen LogP contribution in [0.15, 0.2) is 127 Å². The van der Waals surface area contributed by atoms with Crippen LogP contribution in [0, 0.1) is 0 Å². The maximum atomic E-state index is 10.5. The van der Waals surface area contributed by atoms with E-state index < -0.39 is 15.4 Å². The van der Waals surface area contributed by atoms with Crippen LogP contribution >= 0.6 is 11.6 Å². The highest BCUT2D eigenvalue weighted by molar-refractivity contribution is 6.99. The second-order valence-electron chi connectivity index (χ2n) is 12.7. The minimum atomic E-state index is -2.77. The molecule has 0 saturated carbocycles. The van der Waals surface area contributed by atoms with Crippen LogP contribution in [-0.4, -0.2) is 43.3 Å². The lowest BCUT2D eigenvalue weighted by Gasteiger charge is -2.43. The first kappa shape index (κ1) is 33.6. The van der Waals surface area contributed by atoms with E-state index in [0.29, 0.717) is 30.8 Å². The Bertz CT molecular complexity index is 1650. The van der Waals surface area contributed by atoms with E-state index >= 15 is 0 Å². The van der Waals surface area contributed by atoms with Gasteiger partial charge in [-0.3, -0.25) is 4.98 Å². The van der Waals surface area contributed by atoms with Gasteiger partial charge in [0.05, 0.1) is 23.4 Å². The Balaban J connectivity index is 1.41. The third kappa shape index (κ3) is 7.63. The number of benzene rings is 3. The van der Waals surface area contributed by atoms with Gasteiger partial charge in [0.2, 0.25) is 0 Å². The second-order valence-corrected chi connectivity index (χ2v) is 17.4. The highest BCUT2D eigenvalue weighted by Crippen LogP contribution is 2.38. The molecule has 5 nitrogen and oxygen atoms in total. The van der Waals surface area contributed by atoms with Crippen LogP contribution in [0.5, 0.6) is 5.75 Å². The van der Waals surface area contributed by atoms with E-state index in [9.17, 15) is 10.1 Å². The standard InChI is InChI=1S/C38H41BClNO4Si/c1-28(27-44-46(38(2,3)4,32-13-7-5-8-14-32)33-15-9-6-10-16-33)34-22-23-39(43)45-37(34)21-19-30(36-17-11-12-24-41-36)25-29-18-20-31(42)26-35(29)40/h5-18,20,22,24-26,37,42-43H,1,19,21,23,27H2,2-4H3/b30-25-. The molecule has 2 N–H and O–H groups in total. The molecular weight excluding hydrogens is 609 g/mol. The Morgan fingerprint density at radius 2 is 1.67 bits per heavy atom. The van der Waals surface area contributed by atoms with Crippen molar-refractivity contribution >= 4 is 49.1 Å². The van der Waals surface area contributed by atoms with Crippen LogP contribution in [-0.2, 0) is 9.08 Å². The van der Waals surface area contributed by atoms with Gasteiger partial charge in [-0.05, 0) is 86.9 Å². The number of aromatic hydroxyl groups is 1. The third-order valence-electron chi connectivity index (χ3n) is 8.48. The van der Waals surface area contributed by atoms with Gasteiger partial charge in [0, 0.05) is 12.5 Å². The van der Waals surface area contributed by atoms with Crippen LogP contribution in [0.1, 0.15) is 44.9 Å². The highest BCUT2D eigenvalue weighted by atomic mass is 35.5. The lowest BCUT2D eigenvalue weighted by atomic mass is 9.78. The van der Waals surface area contributed by atoms with Crippen molar-refractivity contribution in [2.75, 3.05) is 6.61 Å². The summed E-state index contributed by atoms with van der Waals surface area (Å²) in [5.74, 6) is 0.111. The second kappa shape index (κ2) is 14.8. The van der Waals surface area contributed by atoms with Crippen molar-refractivity contribution < 1.29 is 19.2 Å². The predicted molar refractivity (Wildman–Crippen MR) is 193 cm³/mol. The van der Waals surface area contributed by atoms with Crippen LogP contribution in [0.2, 0.25) is 16.4 Å². The maximum Gasteiger partial charge on any atom is 0.458 e. The van der Waals surface area contributed by atoms with E-state index in [4.69, 9.17) is 20.7 Å². The molecule has 0 radical (unpaired) electrons. The number of allylic oxidation sites excluding steroid dienone is 2. The predicted octanol–water partition coefficient (Wildman–Crippen LogP) is 7.70. The van der Waals surface area contributed by atoms with E-state index in [2.05, 4.69) is 80.9 Å². The molecule has 1 aliphatic rings. The summed E-state index contributed by atoms with van der Waals surface area (Å²) in [5, 5.41) is 23.1. The minimum Gasteiger partial charge on any atom is -0.508 e. The molecule has 4 aromatic rings. The molecule has 0 amide bonds. The number of phenolic OH excluding ortho intramolecular Hbond substituents is 1. The normalized spacial score (nSPS) is 15.8. The molecule has 46 heavy (non-hydrogen) atoms. The largest absolute Gasteiger partial charge is 0.508 e. The third-order valence-corrected chi connectivity index (χ3v) is 13.8. The molecule has 2 heterocycles. The molecular formula is C38H41BClNO4Si. The molecule has 3 aromatic carbocycles. The van der Waals surface area contributed by atoms with Gasteiger partial charge < -0.3 is 19.2 Å². The van der Waals surface area contributed by atoms with Gasteiger partial charge in [-0.1, -0.05) is 112 Å². The molecule has 0 spiro atoms. The van der Waals surface area contributed by atoms with Crippen LogP contribution < -0.4 is 10.4 Å². The Hall–Kier alpha value is -3.72. The summed E-state index contributed by atoms with van der Waals surface area (Å²) in [4.78, 5) is 4.59. The first-order chi connectivity index (χ1) is 22.1. The fourth-order valence-corrected chi connectivity index (χ4v) is 11.0. The zero-order chi connectivity index (χ0) is 32.7. The van der Waals surface area contributed by atoms with Crippen molar-refractivity contribution in [1.82, 2.24) is 4.98 Å². The average Bonchev–Trinajstić information content (AvgIpc) is 3.05. The lowest BCUT2D eigenvalue weighted by molar-refractivity contribution is 0.182.